The highest BCUT2D eigenvalue weighted by atomic mass is 32.2. The van der Waals surface area contributed by atoms with Crippen LogP contribution < -0.4 is 5.32 Å². The van der Waals surface area contributed by atoms with E-state index < -0.39 is 39.6 Å². The highest BCUT2D eigenvalue weighted by molar-refractivity contribution is 7.90. The maximum Gasteiger partial charge on any atom is 0.228 e. The molecule has 3 heterocycles. The minimum atomic E-state index is -3.75. The van der Waals surface area contributed by atoms with Crippen LogP contribution in [0.5, 0.6) is 0 Å². The van der Waals surface area contributed by atoms with Gasteiger partial charge in [0.1, 0.15) is 0 Å². The van der Waals surface area contributed by atoms with Crippen LogP contribution in [-0.4, -0.2) is 78.3 Å². The van der Waals surface area contributed by atoms with Gasteiger partial charge in [0.25, 0.3) is 0 Å². The number of nitrogens with zero attached hydrogens (tertiary/aromatic N) is 3. The lowest BCUT2D eigenvalue weighted by molar-refractivity contribution is -0.139. The molecular weight excluding hydrogens is 512 g/mol. The summed E-state index contributed by atoms with van der Waals surface area (Å²) in [5.41, 5.74) is 1.31. The van der Waals surface area contributed by atoms with Crippen molar-refractivity contribution in [2.24, 2.45) is 5.92 Å². The average molecular weight is 545 g/mol. The zero-order chi connectivity index (χ0) is 27.1. The van der Waals surface area contributed by atoms with E-state index in [2.05, 4.69) is 15.3 Å². The third-order valence-electron chi connectivity index (χ3n) is 6.42. The van der Waals surface area contributed by atoms with Gasteiger partial charge in [0.2, 0.25) is 17.7 Å². The van der Waals surface area contributed by atoms with E-state index in [9.17, 15) is 23.1 Å². The molecule has 11 nitrogen and oxygen atoms in total. The van der Waals surface area contributed by atoms with E-state index in [1.165, 1.54) is 0 Å². The van der Waals surface area contributed by atoms with E-state index in [4.69, 9.17) is 9.15 Å². The number of aliphatic hydroxyl groups is 1. The van der Waals surface area contributed by atoms with Gasteiger partial charge in [-0.1, -0.05) is 37.3 Å². The van der Waals surface area contributed by atoms with Gasteiger partial charge in [-0.3, -0.25) is 9.59 Å². The fraction of sp³-hybridized carbons (Fsp3) is 0.462. The molecule has 2 amide bonds. The first-order chi connectivity index (χ1) is 18.3. The number of carbonyl (C=O) groups is 2. The van der Waals surface area contributed by atoms with Crippen LogP contribution in [-0.2, 0) is 29.9 Å². The van der Waals surface area contributed by atoms with Crippen LogP contribution in [0.1, 0.15) is 37.3 Å². The molecule has 1 aromatic carbocycles. The number of aromatic nitrogens is 2. The lowest BCUT2D eigenvalue weighted by atomic mass is 10.0. The van der Waals surface area contributed by atoms with Gasteiger partial charge in [-0.2, -0.15) is 4.98 Å². The standard InChI is InChI=1S/C26H32N4O7S/c1-2-20(23(32)26-29-24-21(37-26)9-6-10-27-24)28-25(33)19(15-22(31)30-11-13-36-14-12-30)17-38(34,35)16-18-7-4-3-5-8-18/h3-10,19-20,23,32H,2,11-17H2,1H3,(H,28,33). The van der Waals surface area contributed by atoms with Crippen molar-refractivity contribution in [2.45, 2.75) is 37.7 Å². The van der Waals surface area contributed by atoms with Crippen LogP contribution in [0, 0.1) is 5.92 Å². The molecule has 1 aliphatic rings. The number of hydrogen-bond donors (Lipinski definition) is 2. The molecule has 38 heavy (non-hydrogen) atoms. The zero-order valence-corrected chi connectivity index (χ0v) is 22.0. The Kier molecular flexibility index (Phi) is 9.08. The Morgan fingerprint density at radius 1 is 1.13 bits per heavy atom. The summed E-state index contributed by atoms with van der Waals surface area (Å²) in [6.07, 6.45) is 0.278. The number of rotatable bonds is 11. The Labute approximate surface area is 221 Å². The van der Waals surface area contributed by atoms with Gasteiger partial charge < -0.3 is 24.5 Å². The number of ether oxygens (including phenoxy) is 1. The molecule has 1 fully saturated rings. The molecule has 3 unspecified atom stereocenters. The number of hydrogen-bond acceptors (Lipinski definition) is 9. The Morgan fingerprint density at radius 3 is 2.55 bits per heavy atom. The number of pyridine rings is 1. The minimum absolute atomic E-state index is 0.0107. The first-order valence-electron chi connectivity index (χ1n) is 12.6. The van der Waals surface area contributed by atoms with Gasteiger partial charge in [0.15, 0.2) is 27.2 Å². The number of nitrogens with one attached hydrogen (secondary N) is 1. The number of aliphatic hydroxyl groups excluding tert-OH is 1. The molecule has 0 aliphatic carbocycles. The van der Waals surface area contributed by atoms with Crippen LogP contribution in [0.4, 0.5) is 0 Å². The molecule has 2 aromatic heterocycles. The van der Waals surface area contributed by atoms with Gasteiger partial charge in [0, 0.05) is 25.7 Å². The van der Waals surface area contributed by atoms with Crippen molar-refractivity contribution in [2.75, 3.05) is 32.1 Å². The number of sulfone groups is 1. The summed E-state index contributed by atoms with van der Waals surface area (Å²) < 4.78 is 37.0. The van der Waals surface area contributed by atoms with E-state index in [0.717, 1.165) is 0 Å². The number of fused-ring (bicyclic) bond motifs is 1. The van der Waals surface area contributed by atoms with Gasteiger partial charge in [-0.15, -0.1) is 0 Å². The third kappa shape index (κ3) is 7.15. The number of benzene rings is 1. The van der Waals surface area contributed by atoms with E-state index in [-0.39, 0.29) is 24.0 Å². The highest BCUT2D eigenvalue weighted by Gasteiger charge is 2.33. The summed E-state index contributed by atoms with van der Waals surface area (Å²) in [7, 11) is -3.75. The highest BCUT2D eigenvalue weighted by Crippen LogP contribution is 2.23. The van der Waals surface area contributed by atoms with Crippen LogP contribution >= 0.6 is 0 Å². The van der Waals surface area contributed by atoms with Crippen LogP contribution in [0.3, 0.4) is 0 Å². The van der Waals surface area contributed by atoms with Gasteiger partial charge >= 0.3 is 0 Å². The third-order valence-corrected chi connectivity index (χ3v) is 8.11. The average Bonchev–Trinajstić information content (AvgIpc) is 3.36. The quantitative estimate of drug-likeness (QED) is 0.367. The lowest BCUT2D eigenvalue weighted by Crippen LogP contribution is -2.47. The van der Waals surface area contributed by atoms with Crippen molar-refractivity contribution in [3.63, 3.8) is 0 Å². The van der Waals surface area contributed by atoms with Crippen molar-refractivity contribution in [1.82, 2.24) is 20.2 Å². The predicted molar refractivity (Wildman–Crippen MR) is 138 cm³/mol. The molecule has 3 atom stereocenters. The molecule has 0 saturated carbocycles. The fourth-order valence-corrected chi connectivity index (χ4v) is 6.06. The van der Waals surface area contributed by atoms with Crippen molar-refractivity contribution >= 4 is 32.9 Å². The maximum atomic E-state index is 13.4. The second-order valence-corrected chi connectivity index (χ2v) is 11.4. The summed E-state index contributed by atoms with van der Waals surface area (Å²) in [5, 5.41) is 13.7. The molecule has 1 aliphatic heterocycles. The Hall–Kier alpha value is -3.35. The van der Waals surface area contributed by atoms with Gasteiger partial charge in [0.05, 0.1) is 36.7 Å². The Morgan fingerprint density at radius 2 is 1.87 bits per heavy atom. The summed E-state index contributed by atoms with van der Waals surface area (Å²) >= 11 is 0. The topological polar surface area (TPSA) is 152 Å². The molecule has 4 rings (SSSR count). The monoisotopic (exact) mass is 544 g/mol. The smallest absolute Gasteiger partial charge is 0.228 e. The molecule has 2 N–H and O–H groups in total. The van der Waals surface area contributed by atoms with Crippen LogP contribution in [0.15, 0.2) is 53.1 Å². The molecule has 0 radical (unpaired) electrons. The molecular formula is C26H32N4O7S. The second-order valence-electron chi connectivity index (χ2n) is 9.28. The number of oxazole rings is 1. The SMILES string of the molecule is CCC(NC(=O)C(CC(=O)N1CCOCC1)CS(=O)(=O)Cc1ccccc1)C(O)c1nc2ncccc2o1. The normalized spacial score (nSPS) is 16.6. The summed E-state index contributed by atoms with van der Waals surface area (Å²) in [6.45, 7) is 3.30. The van der Waals surface area contributed by atoms with E-state index >= 15 is 0 Å². The maximum absolute atomic E-state index is 13.4. The molecule has 12 heteroatoms. The predicted octanol–water partition coefficient (Wildman–Crippen LogP) is 1.63. The van der Waals surface area contributed by atoms with Crippen LogP contribution in [0.2, 0.25) is 0 Å². The first kappa shape index (κ1) is 27.7. The van der Waals surface area contributed by atoms with Crippen molar-refractivity contribution in [3.05, 3.63) is 60.1 Å². The number of amides is 2. The lowest BCUT2D eigenvalue weighted by Gasteiger charge is -2.29. The Bertz CT molecular complexity index is 1310. The van der Waals surface area contributed by atoms with Crippen LogP contribution in [0.25, 0.3) is 11.2 Å². The van der Waals surface area contributed by atoms with E-state index in [1.807, 2.05) is 0 Å². The van der Waals surface area contributed by atoms with E-state index in [0.29, 0.717) is 49.5 Å². The zero-order valence-electron chi connectivity index (χ0n) is 21.2. The molecule has 0 bridgehead atoms. The number of carbonyl (C=O) groups excluding carboxylic acids is 2. The molecule has 3 aromatic rings. The van der Waals surface area contributed by atoms with Crippen molar-refractivity contribution < 1.29 is 32.3 Å². The Balaban J connectivity index is 1.51. The van der Waals surface area contributed by atoms with Crippen molar-refractivity contribution in [3.8, 4) is 0 Å². The summed E-state index contributed by atoms with van der Waals surface area (Å²) in [6, 6.07) is 11.2. The molecule has 1 saturated heterocycles. The molecule has 0 spiro atoms. The minimum Gasteiger partial charge on any atom is -0.436 e. The van der Waals surface area contributed by atoms with E-state index in [1.54, 1.807) is 60.5 Å². The fourth-order valence-electron chi connectivity index (χ4n) is 4.36. The second kappa shape index (κ2) is 12.5. The summed E-state index contributed by atoms with van der Waals surface area (Å²) in [4.78, 5) is 36.3. The van der Waals surface area contributed by atoms with Crippen molar-refractivity contribution in [1.29, 1.82) is 0 Å². The summed E-state index contributed by atoms with van der Waals surface area (Å²) in [5.74, 6) is -2.87. The first-order valence-corrected chi connectivity index (χ1v) is 14.4. The number of morpholine rings is 1. The van der Waals surface area contributed by atoms with Gasteiger partial charge in [-0.05, 0) is 24.1 Å². The largest absolute Gasteiger partial charge is 0.436 e. The molecule has 204 valence electrons. The van der Waals surface area contributed by atoms with Gasteiger partial charge in [-0.25, -0.2) is 13.4 Å².